The van der Waals surface area contributed by atoms with Gasteiger partial charge in [-0.1, -0.05) is 0 Å². The summed E-state index contributed by atoms with van der Waals surface area (Å²) in [5, 5.41) is 14.4. The number of rotatable bonds is 5. The molecule has 0 aliphatic heterocycles. The summed E-state index contributed by atoms with van der Waals surface area (Å²) < 4.78 is 20.5. The van der Waals surface area contributed by atoms with Crippen LogP contribution < -0.4 is 10.1 Å². The van der Waals surface area contributed by atoms with Crippen molar-refractivity contribution >= 4 is 12.0 Å². The molecular weight excluding hydrogens is 307 g/mol. The van der Waals surface area contributed by atoms with Gasteiger partial charge in [-0.2, -0.15) is 0 Å². The molecule has 2 aromatic carbocycles. The van der Waals surface area contributed by atoms with E-state index < -0.39 is 0 Å². The summed E-state index contributed by atoms with van der Waals surface area (Å²) >= 11 is 0. The lowest BCUT2D eigenvalue weighted by Crippen LogP contribution is -1.99. The molecule has 0 unspecified atom stereocenters. The summed E-state index contributed by atoms with van der Waals surface area (Å²) in [7, 11) is 0. The Bertz CT molecular complexity index is 871. The van der Waals surface area contributed by atoms with Crippen molar-refractivity contribution in [2.75, 3.05) is 5.32 Å². The summed E-state index contributed by atoms with van der Waals surface area (Å²) in [6, 6.07) is 11.7. The molecule has 6 heteroatoms. The first-order valence-corrected chi connectivity index (χ1v) is 7.43. The van der Waals surface area contributed by atoms with Crippen LogP contribution in [0, 0.1) is 25.1 Å². The molecule has 0 fully saturated rings. The predicted octanol–water partition coefficient (Wildman–Crippen LogP) is 4.44. The minimum Gasteiger partial charge on any atom is -0.437 e. The van der Waals surface area contributed by atoms with E-state index in [0.717, 1.165) is 28.8 Å². The standard InChI is InChI=1S/C18H17FN4O/c1-12-10-17(13(2)9-16(12)21-11-20)24-18-7-8-23(22-18)15-5-3-14(19)4-6-15/h3-11H,1-2H3,(H2,20,21). The fraction of sp³-hybridized carbons (Fsp3) is 0.111. The van der Waals surface area contributed by atoms with Crippen LogP contribution in [-0.2, 0) is 0 Å². The van der Waals surface area contributed by atoms with Crippen LogP contribution >= 0.6 is 0 Å². The minimum atomic E-state index is -0.285. The quantitative estimate of drug-likeness (QED) is 0.539. The molecule has 2 N–H and O–H groups in total. The number of benzene rings is 2. The van der Waals surface area contributed by atoms with Crippen molar-refractivity contribution in [2.45, 2.75) is 13.8 Å². The Morgan fingerprint density at radius 3 is 2.58 bits per heavy atom. The molecule has 0 atom stereocenters. The normalized spacial score (nSPS) is 10.5. The third-order valence-corrected chi connectivity index (χ3v) is 3.62. The Morgan fingerprint density at radius 1 is 1.12 bits per heavy atom. The lowest BCUT2D eigenvalue weighted by atomic mass is 10.1. The zero-order valence-electron chi connectivity index (χ0n) is 13.4. The smallest absolute Gasteiger partial charge is 0.238 e. The number of aryl methyl sites for hydroxylation is 2. The summed E-state index contributed by atoms with van der Waals surface area (Å²) in [4.78, 5) is 0. The SMILES string of the molecule is Cc1cc(Oc2ccn(-c3ccc(F)cc3)n2)c(C)cc1NC=N. The molecule has 24 heavy (non-hydrogen) atoms. The Kier molecular flexibility index (Phi) is 4.29. The van der Waals surface area contributed by atoms with E-state index >= 15 is 0 Å². The molecule has 0 radical (unpaired) electrons. The first-order valence-electron chi connectivity index (χ1n) is 7.43. The number of nitrogens with zero attached hydrogens (tertiary/aromatic N) is 2. The molecule has 0 aliphatic carbocycles. The van der Waals surface area contributed by atoms with E-state index in [2.05, 4.69) is 10.4 Å². The van der Waals surface area contributed by atoms with Crippen molar-refractivity contribution < 1.29 is 9.13 Å². The van der Waals surface area contributed by atoms with Crippen LogP contribution in [0.1, 0.15) is 11.1 Å². The molecule has 1 heterocycles. The van der Waals surface area contributed by atoms with Crippen molar-refractivity contribution in [3.63, 3.8) is 0 Å². The maximum absolute atomic E-state index is 13.0. The van der Waals surface area contributed by atoms with Gasteiger partial charge < -0.3 is 10.1 Å². The molecule has 0 amide bonds. The van der Waals surface area contributed by atoms with Crippen molar-refractivity contribution in [1.82, 2.24) is 9.78 Å². The lowest BCUT2D eigenvalue weighted by molar-refractivity contribution is 0.454. The fourth-order valence-corrected chi connectivity index (χ4v) is 2.34. The van der Waals surface area contributed by atoms with Gasteiger partial charge in [0, 0.05) is 18.0 Å². The van der Waals surface area contributed by atoms with Gasteiger partial charge in [-0.05, 0) is 61.4 Å². The second-order valence-electron chi connectivity index (χ2n) is 5.40. The highest BCUT2D eigenvalue weighted by Crippen LogP contribution is 2.29. The molecule has 3 rings (SSSR count). The highest BCUT2D eigenvalue weighted by Gasteiger charge is 2.09. The van der Waals surface area contributed by atoms with Crippen LogP contribution in [0.5, 0.6) is 11.6 Å². The van der Waals surface area contributed by atoms with E-state index in [1.165, 1.54) is 12.1 Å². The van der Waals surface area contributed by atoms with Gasteiger partial charge in [0.15, 0.2) is 0 Å². The number of hydrogen-bond donors (Lipinski definition) is 2. The summed E-state index contributed by atoms with van der Waals surface area (Å²) in [6.07, 6.45) is 2.91. The average Bonchev–Trinajstić information content (AvgIpc) is 3.01. The monoisotopic (exact) mass is 324 g/mol. The van der Waals surface area contributed by atoms with E-state index in [0.29, 0.717) is 11.6 Å². The number of anilines is 1. The van der Waals surface area contributed by atoms with Crippen LogP contribution in [0.4, 0.5) is 10.1 Å². The van der Waals surface area contributed by atoms with Crippen molar-refractivity contribution in [3.05, 3.63) is 65.6 Å². The van der Waals surface area contributed by atoms with Gasteiger partial charge in [-0.25, -0.2) is 9.07 Å². The van der Waals surface area contributed by atoms with Gasteiger partial charge in [0.1, 0.15) is 11.6 Å². The molecular formula is C18H17FN4O. The van der Waals surface area contributed by atoms with Gasteiger partial charge in [0.2, 0.25) is 5.88 Å². The molecule has 0 spiro atoms. The van der Waals surface area contributed by atoms with Gasteiger partial charge in [-0.15, -0.1) is 5.10 Å². The van der Waals surface area contributed by atoms with Crippen LogP contribution in [0.25, 0.3) is 5.69 Å². The van der Waals surface area contributed by atoms with E-state index in [9.17, 15) is 4.39 Å². The summed E-state index contributed by atoms with van der Waals surface area (Å²) in [5.41, 5.74) is 3.52. The van der Waals surface area contributed by atoms with Crippen LogP contribution in [0.15, 0.2) is 48.7 Å². The summed E-state index contributed by atoms with van der Waals surface area (Å²) in [6.45, 7) is 3.87. The molecule has 0 saturated carbocycles. The number of ether oxygens (including phenoxy) is 1. The van der Waals surface area contributed by atoms with Crippen LogP contribution in [0.2, 0.25) is 0 Å². The zero-order chi connectivity index (χ0) is 17.1. The van der Waals surface area contributed by atoms with Crippen molar-refractivity contribution in [1.29, 1.82) is 5.41 Å². The molecule has 122 valence electrons. The molecule has 0 aliphatic rings. The minimum absolute atomic E-state index is 0.285. The number of nitrogens with one attached hydrogen (secondary N) is 2. The molecule has 0 bridgehead atoms. The lowest BCUT2D eigenvalue weighted by Gasteiger charge is -2.11. The van der Waals surface area contributed by atoms with Gasteiger partial charge in [0.25, 0.3) is 0 Å². The number of hydrogen-bond acceptors (Lipinski definition) is 3. The van der Waals surface area contributed by atoms with E-state index in [4.69, 9.17) is 10.1 Å². The van der Waals surface area contributed by atoms with Crippen molar-refractivity contribution in [2.24, 2.45) is 0 Å². The first kappa shape index (κ1) is 15.7. The number of halogens is 1. The van der Waals surface area contributed by atoms with E-state index in [1.807, 2.05) is 26.0 Å². The van der Waals surface area contributed by atoms with Crippen LogP contribution in [-0.4, -0.2) is 16.1 Å². The highest BCUT2D eigenvalue weighted by atomic mass is 19.1. The Morgan fingerprint density at radius 2 is 1.88 bits per heavy atom. The molecule has 0 saturated heterocycles. The fourth-order valence-electron chi connectivity index (χ4n) is 2.34. The van der Waals surface area contributed by atoms with Gasteiger partial charge in [-0.3, -0.25) is 5.41 Å². The third kappa shape index (κ3) is 3.27. The Labute approximate surface area is 139 Å². The third-order valence-electron chi connectivity index (χ3n) is 3.62. The largest absolute Gasteiger partial charge is 0.437 e. The first-order chi connectivity index (χ1) is 11.6. The molecule has 5 nitrogen and oxygen atoms in total. The van der Waals surface area contributed by atoms with Crippen molar-refractivity contribution in [3.8, 4) is 17.3 Å². The van der Waals surface area contributed by atoms with Crippen LogP contribution in [0.3, 0.4) is 0 Å². The van der Waals surface area contributed by atoms with Gasteiger partial charge in [0.05, 0.1) is 12.0 Å². The maximum Gasteiger partial charge on any atom is 0.238 e. The Hall–Kier alpha value is -3.15. The zero-order valence-corrected chi connectivity index (χ0v) is 13.4. The number of aromatic nitrogens is 2. The highest BCUT2D eigenvalue weighted by molar-refractivity contribution is 5.76. The topological polar surface area (TPSA) is 62.9 Å². The average molecular weight is 324 g/mol. The van der Waals surface area contributed by atoms with E-state index in [-0.39, 0.29) is 5.82 Å². The molecule has 3 aromatic rings. The molecule has 1 aromatic heterocycles. The second kappa shape index (κ2) is 6.54. The maximum atomic E-state index is 13.0. The second-order valence-corrected chi connectivity index (χ2v) is 5.40. The van der Waals surface area contributed by atoms with Gasteiger partial charge >= 0.3 is 0 Å². The summed E-state index contributed by atoms with van der Waals surface area (Å²) in [5.74, 6) is 0.870. The Balaban J connectivity index is 1.83. The predicted molar refractivity (Wildman–Crippen MR) is 91.9 cm³/mol. The van der Waals surface area contributed by atoms with E-state index in [1.54, 1.807) is 29.1 Å².